The molecule has 0 aliphatic carbocycles. The predicted octanol–water partition coefficient (Wildman–Crippen LogP) is 0.818. The molecule has 2 atom stereocenters. The third-order valence-corrected chi connectivity index (χ3v) is 2.05. The van der Waals surface area contributed by atoms with E-state index in [1.54, 1.807) is 6.07 Å². The maximum atomic E-state index is 8.93. The van der Waals surface area contributed by atoms with E-state index in [-0.39, 0.29) is 6.10 Å². The van der Waals surface area contributed by atoms with Crippen LogP contribution in [-0.2, 0) is 11.2 Å². The third kappa shape index (κ3) is 1.86. The Morgan fingerprint density at radius 3 is 2.92 bits per heavy atom. The molecule has 1 aliphatic heterocycles. The summed E-state index contributed by atoms with van der Waals surface area (Å²) in [6.45, 7) is 0. The number of epoxide rings is 1. The van der Waals surface area contributed by atoms with Gasteiger partial charge in [-0.25, -0.2) is 0 Å². The first kappa shape index (κ1) is 8.24. The maximum Gasteiger partial charge on any atom is 0.182 e. The largest absolute Gasteiger partial charge is 0.366 e. The van der Waals surface area contributed by atoms with Gasteiger partial charge in [-0.05, 0) is 17.7 Å². The Morgan fingerprint density at radius 2 is 2.31 bits per heavy atom. The highest BCUT2D eigenvalue weighted by Gasteiger charge is 2.36. The smallest absolute Gasteiger partial charge is 0.182 e. The summed E-state index contributed by atoms with van der Waals surface area (Å²) in [5.74, 6) is 0. The molecule has 3 heteroatoms. The molecule has 1 aromatic rings. The first-order valence-corrected chi connectivity index (χ1v) is 4.12. The Hall–Kier alpha value is -1.37. The zero-order valence-electron chi connectivity index (χ0n) is 6.97. The fraction of sp³-hybridized carbons (Fsp3) is 0.300. The van der Waals surface area contributed by atoms with Gasteiger partial charge < -0.3 is 9.84 Å². The molecular formula is C10H9NO2. The highest BCUT2D eigenvalue weighted by Crippen LogP contribution is 2.23. The van der Waals surface area contributed by atoms with E-state index in [1.165, 1.54) is 0 Å². The van der Waals surface area contributed by atoms with E-state index in [1.807, 2.05) is 18.2 Å². The number of nitrogens with zero attached hydrogens (tertiary/aromatic N) is 1. The lowest BCUT2D eigenvalue weighted by atomic mass is 10.1. The Morgan fingerprint density at radius 1 is 1.54 bits per heavy atom. The van der Waals surface area contributed by atoms with E-state index in [0.29, 0.717) is 12.0 Å². The van der Waals surface area contributed by atoms with Crippen molar-refractivity contribution in [1.82, 2.24) is 0 Å². The van der Waals surface area contributed by atoms with Crippen LogP contribution >= 0.6 is 0 Å². The predicted molar refractivity (Wildman–Crippen MR) is 45.7 cm³/mol. The minimum Gasteiger partial charge on any atom is -0.366 e. The molecule has 1 aliphatic rings. The molecule has 1 fully saturated rings. The minimum absolute atomic E-state index is 0.0751. The van der Waals surface area contributed by atoms with Crippen molar-refractivity contribution >= 4 is 0 Å². The Bertz CT molecular complexity index is 356. The first-order chi connectivity index (χ1) is 6.29. The number of aliphatic hydroxyl groups excluding tert-OH is 1. The molecule has 0 aromatic heterocycles. The average molecular weight is 175 g/mol. The van der Waals surface area contributed by atoms with Gasteiger partial charge in [0.05, 0.1) is 11.6 Å². The zero-order valence-corrected chi connectivity index (χ0v) is 6.97. The average Bonchev–Trinajstić information content (AvgIpc) is 2.82. The summed E-state index contributed by atoms with van der Waals surface area (Å²) in [4.78, 5) is 0. The van der Waals surface area contributed by atoms with Crippen molar-refractivity contribution in [3.05, 3.63) is 35.4 Å². The molecule has 0 saturated carbocycles. The van der Waals surface area contributed by atoms with Gasteiger partial charge in [0, 0.05) is 6.42 Å². The summed E-state index contributed by atoms with van der Waals surface area (Å²) in [7, 11) is 0. The summed E-state index contributed by atoms with van der Waals surface area (Å²) in [6, 6.07) is 9.40. The van der Waals surface area contributed by atoms with Crippen LogP contribution in [-0.4, -0.2) is 17.5 Å². The molecule has 66 valence electrons. The number of aliphatic hydroxyl groups is 1. The van der Waals surface area contributed by atoms with Gasteiger partial charge in [-0.1, -0.05) is 12.1 Å². The summed E-state index contributed by atoms with van der Waals surface area (Å²) in [6.07, 6.45) is -0.00358. The van der Waals surface area contributed by atoms with Crippen LogP contribution in [0.25, 0.3) is 0 Å². The van der Waals surface area contributed by atoms with E-state index in [4.69, 9.17) is 15.1 Å². The molecule has 1 saturated heterocycles. The number of hydrogen-bond acceptors (Lipinski definition) is 3. The summed E-state index contributed by atoms with van der Waals surface area (Å²) >= 11 is 0. The van der Waals surface area contributed by atoms with Crippen molar-refractivity contribution in [2.24, 2.45) is 0 Å². The van der Waals surface area contributed by atoms with Gasteiger partial charge in [-0.2, -0.15) is 5.26 Å². The molecule has 13 heavy (non-hydrogen) atoms. The van der Waals surface area contributed by atoms with Gasteiger partial charge in [-0.15, -0.1) is 0 Å². The maximum absolute atomic E-state index is 8.93. The zero-order chi connectivity index (χ0) is 9.26. The van der Waals surface area contributed by atoms with Crippen molar-refractivity contribution in [3.63, 3.8) is 0 Å². The van der Waals surface area contributed by atoms with E-state index < -0.39 is 6.29 Å². The Balaban J connectivity index is 2.08. The number of rotatable bonds is 2. The molecule has 1 heterocycles. The normalized spacial score (nSPS) is 25.2. The van der Waals surface area contributed by atoms with Gasteiger partial charge in [0.2, 0.25) is 0 Å². The monoisotopic (exact) mass is 175 g/mol. The summed E-state index contributed by atoms with van der Waals surface area (Å²) in [5.41, 5.74) is 1.67. The standard InChI is InChI=1S/C10H9NO2/c11-6-8-3-1-2-7(4-8)5-9-10(12)13-9/h1-4,9-10,12H,5H2. The number of benzene rings is 1. The number of hydrogen-bond donors (Lipinski definition) is 1. The number of nitriles is 1. The number of ether oxygens (including phenoxy) is 1. The molecular weight excluding hydrogens is 166 g/mol. The quantitative estimate of drug-likeness (QED) is 0.677. The van der Waals surface area contributed by atoms with Crippen molar-refractivity contribution < 1.29 is 9.84 Å². The molecule has 2 rings (SSSR count). The van der Waals surface area contributed by atoms with Gasteiger partial charge in [0.1, 0.15) is 6.10 Å². The van der Waals surface area contributed by atoms with Crippen LogP contribution in [0.2, 0.25) is 0 Å². The fourth-order valence-corrected chi connectivity index (χ4v) is 1.28. The highest BCUT2D eigenvalue weighted by atomic mass is 16.7. The second-order valence-corrected chi connectivity index (χ2v) is 3.08. The van der Waals surface area contributed by atoms with Crippen LogP contribution in [0.3, 0.4) is 0 Å². The van der Waals surface area contributed by atoms with E-state index in [2.05, 4.69) is 6.07 Å². The van der Waals surface area contributed by atoms with Crippen LogP contribution in [0.5, 0.6) is 0 Å². The van der Waals surface area contributed by atoms with Crippen molar-refractivity contribution in [2.45, 2.75) is 18.8 Å². The molecule has 0 bridgehead atoms. The summed E-state index contributed by atoms with van der Waals surface area (Å²) in [5, 5.41) is 17.6. The minimum atomic E-state index is -0.606. The van der Waals surface area contributed by atoms with Crippen molar-refractivity contribution in [1.29, 1.82) is 5.26 Å². The lowest BCUT2D eigenvalue weighted by Gasteiger charge is -1.96. The highest BCUT2D eigenvalue weighted by molar-refractivity contribution is 5.33. The van der Waals surface area contributed by atoms with Crippen molar-refractivity contribution in [3.8, 4) is 6.07 Å². The van der Waals surface area contributed by atoms with Crippen LogP contribution in [0.15, 0.2) is 24.3 Å². The van der Waals surface area contributed by atoms with Gasteiger partial charge >= 0.3 is 0 Å². The molecule has 0 radical (unpaired) electrons. The van der Waals surface area contributed by atoms with Crippen LogP contribution in [0, 0.1) is 11.3 Å². The molecule has 1 aromatic carbocycles. The van der Waals surface area contributed by atoms with Crippen LogP contribution in [0.4, 0.5) is 0 Å². The molecule has 2 unspecified atom stereocenters. The molecule has 0 spiro atoms. The lowest BCUT2D eigenvalue weighted by molar-refractivity contribution is 0.156. The van der Waals surface area contributed by atoms with E-state index in [0.717, 1.165) is 5.56 Å². The second kappa shape index (κ2) is 3.17. The van der Waals surface area contributed by atoms with Gasteiger partial charge in [0.25, 0.3) is 0 Å². The second-order valence-electron chi connectivity index (χ2n) is 3.08. The molecule has 3 nitrogen and oxygen atoms in total. The molecule has 1 N–H and O–H groups in total. The lowest BCUT2D eigenvalue weighted by Crippen LogP contribution is -1.97. The molecule has 0 amide bonds. The van der Waals surface area contributed by atoms with E-state index >= 15 is 0 Å². The van der Waals surface area contributed by atoms with Crippen LogP contribution in [0.1, 0.15) is 11.1 Å². The van der Waals surface area contributed by atoms with E-state index in [9.17, 15) is 0 Å². The fourth-order valence-electron chi connectivity index (χ4n) is 1.28. The SMILES string of the molecule is N#Cc1cccc(CC2OC2O)c1. The summed E-state index contributed by atoms with van der Waals surface area (Å²) < 4.78 is 4.87. The van der Waals surface area contributed by atoms with Gasteiger partial charge in [-0.3, -0.25) is 0 Å². The Labute approximate surface area is 76.2 Å². The Kier molecular flexibility index (Phi) is 2.01. The topological polar surface area (TPSA) is 56.5 Å². The third-order valence-electron chi connectivity index (χ3n) is 2.05. The van der Waals surface area contributed by atoms with Crippen molar-refractivity contribution in [2.75, 3.05) is 0 Å². The first-order valence-electron chi connectivity index (χ1n) is 4.12. The van der Waals surface area contributed by atoms with Crippen LogP contribution < -0.4 is 0 Å². The van der Waals surface area contributed by atoms with Gasteiger partial charge in [0.15, 0.2) is 6.29 Å².